The molecule has 0 saturated heterocycles. The van der Waals surface area contributed by atoms with Crippen molar-refractivity contribution in [3.63, 3.8) is 0 Å². The summed E-state index contributed by atoms with van der Waals surface area (Å²) >= 11 is 0. The Hall–Kier alpha value is -1.28. The highest BCUT2D eigenvalue weighted by atomic mass is 16.5. The lowest BCUT2D eigenvalue weighted by atomic mass is 9.85. The number of para-hydroxylation sites is 1. The zero-order valence-corrected chi connectivity index (χ0v) is 12.5. The van der Waals surface area contributed by atoms with Gasteiger partial charge in [-0.15, -0.1) is 6.58 Å². The monoisotopic (exact) mass is 261 g/mol. The SMILES string of the molecule is C=CC(C)(CCCOc1ccccc1)CNC(C)C. The molecule has 19 heavy (non-hydrogen) atoms. The van der Waals surface area contributed by atoms with Gasteiger partial charge in [0.1, 0.15) is 5.75 Å². The molecule has 0 aliphatic heterocycles. The highest BCUT2D eigenvalue weighted by molar-refractivity contribution is 5.20. The summed E-state index contributed by atoms with van der Waals surface area (Å²) in [6.45, 7) is 12.3. The largest absolute Gasteiger partial charge is 0.494 e. The van der Waals surface area contributed by atoms with E-state index in [1.165, 1.54) is 0 Å². The third-order valence-electron chi connectivity index (χ3n) is 3.31. The van der Waals surface area contributed by atoms with Crippen LogP contribution < -0.4 is 10.1 Å². The van der Waals surface area contributed by atoms with Gasteiger partial charge in [-0.3, -0.25) is 0 Å². The van der Waals surface area contributed by atoms with Crippen LogP contribution in [0.3, 0.4) is 0 Å². The standard InChI is InChI=1S/C17H27NO/c1-5-17(4,14-18-15(2)3)12-9-13-19-16-10-7-6-8-11-16/h5-8,10-11,15,18H,1,9,12-14H2,2-4H3. The fourth-order valence-corrected chi connectivity index (χ4v) is 1.88. The lowest BCUT2D eigenvalue weighted by molar-refractivity contribution is 0.267. The highest BCUT2D eigenvalue weighted by Gasteiger charge is 2.19. The average Bonchev–Trinajstić information content (AvgIpc) is 2.43. The number of hydrogen-bond donors (Lipinski definition) is 1. The summed E-state index contributed by atoms with van der Waals surface area (Å²) in [6.07, 6.45) is 4.19. The molecule has 0 bridgehead atoms. The molecule has 0 saturated carbocycles. The molecule has 0 aromatic heterocycles. The third kappa shape index (κ3) is 6.44. The summed E-state index contributed by atoms with van der Waals surface area (Å²) in [7, 11) is 0. The quantitative estimate of drug-likeness (QED) is 0.535. The first-order valence-electron chi connectivity index (χ1n) is 7.10. The zero-order valence-electron chi connectivity index (χ0n) is 12.5. The zero-order chi connectivity index (χ0) is 14.1. The minimum absolute atomic E-state index is 0.143. The molecule has 1 rings (SSSR count). The molecule has 0 radical (unpaired) electrons. The number of hydrogen-bond acceptors (Lipinski definition) is 2. The first-order chi connectivity index (χ1) is 9.06. The van der Waals surface area contributed by atoms with Crippen LogP contribution in [-0.4, -0.2) is 19.2 Å². The van der Waals surface area contributed by atoms with E-state index >= 15 is 0 Å². The topological polar surface area (TPSA) is 21.3 Å². The van der Waals surface area contributed by atoms with Gasteiger partial charge >= 0.3 is 0 Å². The van der Waals surface area contributed by atoms with Gasteiger partial charge in [-0.25, -0.2) is 0 Å². The molecule has 2 heteroatoms. The van der Waals surface area contributed by atoms with Crippen LogP contribution in [0.15, 0.2) is 43.0 Å². The fourth-order valence-electron chi connectivity index (χ4n) is 1.88. The van der Waals surface area contributed by atoms with Gasteiger partial charge in [-0.2, -0.15) is 0 Å². The molecule has 0 spiro atoms. The maximum atomic E-state index is 5.72. The van der Waals surface area contributed by atoms with Crippen molar-refractivity contribution in [2.45, 2.75) is 39.7 Å². The fraction of sp³-hybridized carbons (Fsp3) is 0.529. The second-order valence-corrected chi connectivity index (χ2v) is 5.66. The number of ether oxygens (including phenoxy) is 1. The number of nitrogens with one attached hydrogen (secondary N) is 1. The van der Waals surface area contributed by atoms with E-state index in [1.807, 2.05) is 30.3 Å². The van der Waals surface area contributed by atoms with Crippen LogP contribution in [0.2, 0.25) is 0 Å². The van der Waals surface area contributed by atoms with Crippen molar-refractivity contribution in [1.29, 1.82) is 0 Å². The van der Waals surface area contributed by atoms with Crippen molar-refractivity contribution in [1.82, 2.24) is 5.32 Å². The number of rotatable bonds is 9. The Kier molecular flexibility index (Phi) is 6.65. The molecule has 1 aromatic carbocycles. The lowest BCUT2D eigenvalue weighted by Crippen LogP contribution is -2.34. The molecular formula is C17H27NO. The van der Waals surface area contributed by atoms with Crippen molar-refractivity contribution in [3.8, 4) is 5.75 Å². The average molecular weight is 261 g/mol. The van der Waals surface area contributed by atoms with Crippen molar-refractivity contribution in [2.24, 2.45) is 5.41 Å². The minimum Gasteiger partial charge on any atom is -0.494 e. The van der Waals surface area contributed by atoms with Crippen LogP contribution in [0.4, 0.5) is 0 Å². The van der Waals surface area contributed by atoms with Crippen molar-refractivity contribution < 1.29 is 4.74 Å². The van der Waals surface area contributed by atoms with Gasteiger partial charge in [0, 0.05) is 12.6 Å². The van der Waals surface area contributed by atoms with E-state index < -0.39 is 0 Å². The number of benzene rings is 1. The second kappa shape index (κ2) is 8.00. The van der Waals surface area contributed by atoms with E-state index in [2.05, 4.69) is 38.7 Å². The van der Waals surface area contributed by atoms with Crippen molar-refractivity contribution in [3.05, 3.63) is 43.0 Å². The lowest BCUT2D eigenvalue weighted by Gasteiger charge is -2.27. The van der Waals surface area contributed by atoms with Crippen LogP contribution in [-0.2, 0) is 0 Å². The van der Waals surface area contributed by atoms with E-state index in [0.717, 1.165) is 31.7 Å². The second-order valence-electron chi connectivity index (χ2n) is 5.66. The summed E-state index contributed by atoms with van der Waals surface area (Å²) in [5.41, 5.74) is 0.143. The maximum absolute atomic E-state index is 5.72. The molecule has 0 fully saturated rings. The van der Waals surface area contributed by atoms with Gasteiger partial charge in [0.15, 0.2) is 0 Å². The first-order valence-corrected chi connectivity index (χ1v) is 7.10. The Morgan fingerprint density at radius 1 is 1.32 bits per heavy atom. The van der Waals surface area contributed by atoms with Crippen molar-refractivity contribution in [2.75, 3.05) is 13.2 Å². The van der Waals surface area contributed by atoms with Crippen LogP contribution in [0.5, 0.6) is 5.75 Å². The molecule has 1 aromatic rings. The molecule has 0 amide bonds. The predicted octanol–water partition coefficient (Wildman–Crippen LogP) is 4.04. The van der Waals surface area contributed by atoms with Crippen LogP contribution in [0, 0.1) is 5.41 Å². The summed E-state index contributed by atoms with van der Waals surface area (Å²) in [5, 5.41) is 3.48. The maximum Gasteiger partial charge on any atom is 0.119 e. The highest BCUT2D eigenvalue weighted by Crippen LogP contribution is 2.24. The van der Waals surface area contributed by atoms with Crippen molar-refractivity contribution >= 4 is 0 Å². The Morgan fingerprint density at radius 2 is 2.00 bits per heavy atom. The molecule has 0 heterocycles. The first kappa shape index (κ1) is 15.8. The Morgan fingerprint density at radius 3 is 2.58 bits per heavy atom. The molecular weight excluding hydrogens is 234 g/mol. The molecule has 0 aliphatic carbocycles. The predicted molar refractivity (Wildman–Crippen MR) is 82.6 cm³/mol. The van der Waals surface area contributed by atoms with Crippen LogP contribution in [0.1, 0.15) is 33.6 Å². The summed E-state index contributed by atoms with van der Waals surface area (Å²) in [5.74, 6) is 0.947. The van der Waals surface area contributed by atoms with Crippen LogP contribution >= 0.6 is 0 Å². The molecule has 106 valence electrons. The van der Waals surface area contributed by atoms with Gasteiger partial charge in [-0.1, -0.05) is 45.0 Å². The van der Waals surface area contributed by atoms with E-state index in [0.29, 0.717) is 6.04 Å². The summed E-state index contributed by atoms with van der Waals surface area (Å²) < 4.78 is 5.72. The Bertz CT molecular complexity index is 361. The molecule has 1 N–H and O–H groups in total. The van der Waals surface area contributed by atoms with Gasteiger partial charge in [0.05, 0.1) is 6.61 Å². The van der Waals surface area contributed by atoms with Gasteiger partial charge in [-0.05, 0) is 30.4 Å². The van der Waals surface area contributed by atoms with E-state index in [-0.39, 0.29) is 5.41 Å². The van der Waals surface area contributed by atoms with Gasteiger partial charge in [0.25, 0.3) is 0 Å². The van der Waals surface area contributed by atoms with Gasteiger partial charge in [0.2, 0.25) is 0 Å². The Balaban J connectivity index is 2.27. The summed E-state index contributed by atoms with van der Waals surface area (Å²) in [6, 6.07) is 10.5. The summed E-state index contributed by atoms with van der Waals surface area (Å²) in [4.78, 5) is 0. The van der Waals surface area contributed by atoms with E-state index in [9.17, 15) is 0 Å². The molecule has 0 aliphatic rings. The normalized spacial score (nSPS) is 14.1. The van der Waals surface area contributed by atoms with Crippen LogP contribution in [0.25, 0.3) is 0 Å². The van der Waals surface area contributed by atoms with E-state index in [1.54, 1.807) is 0 Å². The minimum atomic E-state index is 0.143. The molecule has 2 nitrogen and oxygen atoms in total. The Labute approximate surface area is 117 Å². The van der Waals surface area contributed by atoms with Gasteiger partial charge < -0.3 is 10.1 Å². The smallest absolute Gasteiger partial charge is 0.119 e. The molecule has 1 unspecified atom stereocenters. The van der Waals surface area contributed by atoms with E-state index in [4.69, 9.17) is 4.74 Å². The molecule has 1 atom stereocenters. The third-order valence-corrected chi connectivity index (χ3v) is 3.31.